The first kappa shape index (κ1) is 15.5. The van der Waals surface area contributed by atoms with Crippen molar-refractivity contribution in [2.24, 2.45) is 0 Å². The van der Waals surface area contributed by atoms with Crippen LogP contribution < -0.4 is 5.32 Å². The molecule has 0 saturated carbocycles. The van der Waals surface area contributed by atoms with Gasteiger partial charge in [-0.25, -0.2) is 4.79 Å². The average Bonchev–Trinajstić information content (AvgIpc) is 2.23. The summed E-state index contributed by atoms with van der Waals surface area (Å²) in [6.45, 7) is 7.66. The van der Waals surface area contributed by atoms with E-state index in [4.69, 9.17) is 4.74 Å². The Morgan fingerprint density at radius 3 is 2.58 bits per heavy atom. The van der Waals surface area contributed by atoms with Gasteiger partial charge in [-0.05, 0) is 45.2 Å². The number of amides is 1. The number of nitrogens with one attached hydrogen (secondary N) is 1. The highest BCUT2D eigenvalue weighted by Crippen LogP contribution is 2.09. The second-order valence-corrected chi connectivity index (χ2v) is 5.73. The van der Waals surface area contributed by atoms with Gasteiger partial charge in [0.05, 0.1) is 6.10 Å². The molecule has 106 valence electrons. The lowest BCUT2D eigenvalue weighted by molar-refractivity contribution is 0.0523. The van der Waals surface area contributed by atoms with Gasteiger partial charge in [0.25, 0.3) is 0 Å². The molecule has 0 aliphatic carbocycles. The lowest BCUT2D eigenvalue weighted by atomic mass is 10.1. The molecule has 0 aromatic heterocycles. The van der Waals surface area contributed by atoms with E-state index in [2.05, 4.69) is 5.32 Å². The molecule has 0 aliphatic heterocycles. The van der Waals surface area contributed by atoms with E-state index >= 15 is 0 Å². The number of ether oxygens (including phenoxy) is 1. The van der Waals surface area contributed by atoms with Crippen molar-refractivity contribution in [2.75, 3.05) is 0 Å². The van der Waals surface area contributed by atoms with Gasteiger partial charge in [-0.15, -0.1) is 0 Å². The van der Waals surface area contributed by atoms with Crippen LogP contribution in [0, 0.1) is 0 Å². The van der Waals surface area contributed by atoms with E-state index in [1.165, 1.54) is 0 Å². The Morgan fingerprint density at radius 1 is 1.37 bits per heavy atom. The first-order valence-corrected chi connectivity index (χ1v) is 6.49. The summed E-state index contributed by atoms with van der Waals surface area (Å²) in [5.41, 5.74) is 1.56. The molecule has 19 heavy (non-hydrogen) atoms. The highest BCUT2D eigenvalue weighted by Gasteiger charge is 2.15. The van der Waals surface area contributed by atoms with E-state index in [1.54, 1.807) is 6.92 Å². The van der Waals surface area contributed by atoms with E-state index in [-0.39, 0.29) is 6.10 Å². The molecule has 1 atom stereocenters. The van der Waals surface area contributed by atoms with E-state index in [1.807, 2.05) is 45.0 Å². The highest BCUT2D eigenvalue weighted by molar-refractivity contribution is 5.67. The van der Waals surface area contributed by atoms with Gasteiger partial charge in [-0.3, -0.25) is 0 Å². The molecule has 1 unspecified atom stereocenters. The molecule has 1 amide bonds. The third kappa shape index (κ3) is 6.82. The van der Waals surface area contributed by atoms with E-state index in [9.17, 15) is 9.90 Å². The van der Waals surface area contributed by atoms with Gasteiger partial charge in [0.2, 0.25) is 0 Å². The Bertz CT molecular complexity index is 422. The maximum absolute atomic E-state index is 11.5. The van der Waals surface area contributed by atoms with Crippen molar-refractivity contribution in [3.8, 4) is 0 Å². The van der Waals surface area contributed by atoms with Crippen molar-refractivity contribution in [1.29, 1.82) is 0 Å². The average molecular weight is 265 g/mol. The normalized spacial score (nSPS) is 12.9. The second kappa shape index (κ2) is 6.57. The van der Waals surface area contributed by atoms with Crippen molar-refractivity contribution in [3.63, 3.8) is 0 Å². The summed E-state index contributed by atoms with van der Waals surface area (Å²) < 4.78 is 5.16. The zero-order valence-electron chi connectivity index (χ0n) is 12.1. The summed E-state index contributed by atoms with van der Waals surface area (Å²) in [6.07, 6.45) is -0.178. The predicted octanol–water partition coefficient (Wildman–Crippen LogP) is 2.63. The van der Waals surface area contributed by atoms with Crippen LogP contribution in [0.3, 0.4) is 0 Å². The number of aliphatic hydroxyl groups excluding tert-OH is 1. The third-order valence-electron chi connectivity index (χ3n) is 2.36. The summed E-state index contributed by atoms with van der Waals surface area (Å²) in [5, 5.41) is 12.1. The maximum Gasteiger partial charge on any atom is 0.407 e. The number of alkyl carbamates (subject to hydrolysis) is 1. The lowest BCUT2D eigenvalue weighted by Crippen LogP contribution is -2.32. The maximum atomic E-state index is 11.5. The molecule has 4 heteroatoms. The minimum Gasteiger partial charge on any atom is -0.444 e. The summed E-state index contributed by atoms with van der Waals surface area (Å²) in [5.74, 6) is 0. The van der Waals surface area contributed by atoms with Crippen LogP contribution in [-0.2, 0) is 17.7 Å². The lowest BCUT2D eigenvalue weighted by Gasteiger charge is -2.19. The summed E-state index contributed by atoms with van der Waals surface area (Å²) >= 11 is 0. The SMILES string of the molecule is CC(O)Cc1cccc(CNC(=O)OC(C)(C)C)c1. The largest absolute Gasteiger partial charge is 0.444 e. The fourth-order valence-corrected chi connectivity index (χ4v) is 1.70. The predicted molar refractivity (Wildman–Crippen MR) is 74.9 cm³/mol. The third-order valence-corrected chi connectivity index (χ3v) is 2.36. The number of hydrogen-bond donors (Lipinski definition) is 2. The summed E-state index contributed by atoms with van der Waals surface area (Å²) in [7, 11) is 0. The molecule has 0 bridgehead atoms. The molecule has 2 N–H and O–H groups in total. The van der Waals surface area contributed by atoms with Gasteiger partial charge in [0.1, 0.15) is 5.60 Å². The molecule has 0 heterocycles. The van der Waals surface area contributed by atoms with Crippen LogP contribution in [0.4, 0.5) is 4.79 Å². The van der Waals surface area contributed by atoms with Crippen LogP contribution in [-0.4, -0.2) is 22.9 Å². The van der Waals surface area contributed by atoms with Crippen LogP contribution >= 0.6 is 0 Å². The minimum atomic E-state index is -0.488. The quantitative estimate of drug-likeness (QED) is 0.880. The van der Waals surface area contributed by atoms with Crippen molar-refractivity contribution in [1.82, 2.24) is 5.32 Å². The number of benzene rings is 1. The fraction of sp³-hybridized carbons (Fsp3) is 0.533. The van der Waals surface area contributed by atoms with Gasteiger partial charge in [-0.2, -0.15) is 0 Å². The Hall–Kier alpha value is -1.55. The second-order valence-electron chi connectivity index (χ2n) is 5.73. The van der Waals surface area contributed by atoms with Gasteiger partial charge in [-0.1, -0.05) is 24.3 Å². The molecule has 1 rings (SSSR count). The molecule has 0 fully saturated rings. The Kier molecular flexibility index (Phi) is 5.36. The zero-order valence-corrected chi connectivity index (χ0v) is 12.1. The van der Waals surface area contributed by atoms with Crippen molar-refractivity contribution in [2.45, 2.75) is 52.4 Å². The van der Waals surface area contributed by atoms with Crippen LogP contribution in [0.15, 0.2) is 24.3 Å². The Morgan fingerprint density at radius 2 is 2.00 bits per heavy atom. The smallest absolute Gasteiger partial charge is 0.407 e. The van der Waals surface area contributed by atoms with Crippen LogP contribution in [0.25, 0.3) is 0 Å². The molecule has 4 nitrogen and oxygen atoms in total. The van der Waals surface area contributed by atoms with Crippen molar-refractivity contribution >= 4 is 6.09 Å². The van der Waals surface area contributed by atoms with Crippen molar-refractivity contribution in [3.05, 3.63) is 35.4 Å². The Balaban J connectivity index is 2.51. The molecular weight excluding hydrogens is 242 g/mol. The first-order chi connectivity index (χ1) is 8.76. The standard InChI is InChI=1S/C15H23NO3/c1-11(17)8-12-6-5-7-13(9-12)10-16-14(18)19-15(2,3)4/h5-7,9,11,17H,8,10H2,1-4H3,(H,16,18). The van der Waals surface area contributed by atoms with Crippen molar-refractivity contribution < 1.29 is 14.6 Å². The summed E-state index contributed by atoms with van der Waals surface area (Å²) in [6, 6.07) is 7.79. The van der Waals surface area contributed by atoms with E-state index in [0.717, 1.165) is 11.1 Å². The highest BCUT2D eigenvalue weighted by atomic mass is 16.6. The number of aliphatic hydroxyl groups is 1. The topological polar surface area (TPSA) is 58.6 Å². The molecule has 0 spiro atoms. The van der Waals surface area contributed by atoms with E-state index < -0.39 is 11.7 Å². The monoisotopic (exact) mass is 265 g/mol. The number of rotatable bonds is 4. The molecule has 0 aliphatic rings. The van der Waals surface area contributed by atoms with E-state index in [0.29, 0.717) is 13.0 Å². The van der Waals surface area contributed by atoms with Crippen LogP contribution in [0.1, 0.15) is 38.8 Å². The molecule has 0 saturated heterocycles. The summed E-state index contributed by atoms with van der Waals surface area (Å²) in [4.78, 5) is 11.5. The first-order valence-electron chi connectivity index (χ1n) is 6.49. The minimum absolute atomic E-state index is 0.367. The molecule has 0 radical (unpaired) electrons. The number of carbonyl (C=O) groups excluding carboxylic acids is 1. The Labute approximate surface area is 114 Å². The number of carbonyl (C=O) groups is 1. The van der Waals surface area contributed by atoms with Crippen LogP contribution in [0.5, 0.6) is 0 Å². The van der Waals surface area contributed by atoms with Gasteiger partial charge in [0.15, 0.2) is 0 Å². The molecule has 1 aromatic rings. The zero-order chi connectivity index (χ0) is 14.5. The van der Waals surface area contributed by atoms with Crippen LogP contribution in [0.2, 0.25) is 0 Å². The molecule has 1 aromatic carbocycles. The number of hydrogen-bond acceptors (Lipinski definition) is 3. The fourth-order valence-electron chi connectivity index (χ4n) is 1.70. The van der Waals surface area contributed by atoms with Gasteiger partial charge >= 0.3 is 6.09 Å². The van der Waals surface area contributed by atoms with Gasteiger partial charge in [0, 0.05) is 6.54 Å². The van der Waals surface area contributed by atoms with Gasteiger partial charge < -0.3 is 15.2 Å². The molecular formula is C15H23NO3.